The van der Waals surface area contributed by atoms with E-state index in [9.17, 15) is 4.79 Å². The second kappa shape index (κ2) is 4.14. The van der Waals surface area contributed by atoms with Crippen LogP contribution in [0.15, 0.2) is 18.2 Å². The first-order chi connectivity index (χ1) is 7.67. The van der Waals surface area contributed by atoms with Gasteiger partial charge in [0.05, 0.1) is 0 Å². The highest BCUT2D eigenvalue weighted by Gasteiger charge is 2.27. The molecule has 1 aliphatic rings. The van der Waals surface area contributed by atoms with Gasteiger partial charge in [-0.1, -0.05) is 6.07 Å². The van der Waals surface area contributed by atoms with Crippen LogP contribution in [-0.2, 0) is 4.79 Å². The molecule has 86 valence electrons. The van der Waals surface area contributed by atoms with Crippen molar-refractivity contribution < 1.29 is 4.79 Å². The maximum atomic E-state index is 11.4. The fourth-order valence-electron chi connectivity index (χ4n) is 2.06. The van der Waals surface area contributed by atoms with E-state index in [2.05, 4.69) is 24.1 Å². The van der Waals surface area contributed by atoms with Gasteiger partial charge in [-0.3, -0.25) is 4.79 Å². The molecule has 0 spiro atoms. The Balaban J connectivity index is 2.35. The number of fused-ring (bicyclic) bond motifs is 1. The van der Waals surface area contributed by atoms with Gasteiger partial charge in [0.2, 0.25) is 5.91 Å². The number of anilines is 2. The largest absolute Gasteiger partial charge is 0.372 e. The van der Waals surface area contributed by atoms with Gasteiger partial charge in [0.25, 0.3) is 0 Å². The zero-order valence-corrected chi connectivity index (χ0v) is 9.66. The van der Waals surface area contributed by atoms with Crippen LogP contribution >= 0.6 is 0 Å². The predicted octanol–water partition coefficient (Wildman–Crippen LogP) is 1.48. The molecule has 1 aromatic carbocycles. The lowest BCUT2D eigenvalue weighted by Gasteiger charge is -2.21. The summed E-state index contributed by atoms with van der Waals surface area (Å²) < 4.78 is 0. The molecule has 3 N–H and O–H groups in total. The van der Waals surface area contributed by atoms with Crippen LogP contribution in [0.5, 0.6) is 0 Å². The highest BCUT2D eigenvalue weighted by atomic mass is 16.2. The van der Waals surface area contributed by atoms with Crippen molar-refractivity contribution in [3.63, 3.8) is 0 Å². The van der Waals surface area contributed by atoms with Crippen molar-refractivity contribution in [3.8, 4) is 0 Å². The zero-order chi connectivity index (χ0) is 11.7. The number of hydrogen-bond donors (Lipinski definition) is 2. The molecule has 16 heavy (non-hydrogen) atoms. The van der Waals surface area contributed by atoms with E-state index in [1.54, 1.807) is 0 Å². The Morgan fingerprint density at radius 1 is 1.38 bits per heavy atom. The number of rotatable bonds is 3. The summed E-state index contributed by atoms with van der Waals surface area (Å²) in [5, 5.41) is 2.80. The molecule has 0 bridgehead atoms. The van der Waals surface area contributed by atoms with Crippen LogP contribution < -0.4 is 16.0 Å². The maximum absolute atomic E-state index is 11.4. The Hall–Kier alpha value is -1.55. The number of benzene rings is 1. The molecule has 0 fully saturated rings. The Morgan fingerprint density at radius 3 is 2.69 bits per heavy atom. The van der Waals surface area contributed by atoms with Gasteiger partial charge in [-0.25, -0.2) is 0 Å². The quantitative estimate of drug-likeness (QED) is 0.809. The van der Waals surface area contributed by atoms with Crippen LogP contribution in [0.2, 0.25) is 0 Å². The molecule has 0 saturated carbocycles. The van der Waals surface area contributed by atoms with Gasteiger partial charge in [0.15, 0.2) is 0 Å². The highest BCUT2D eigenvalue weighted by Crippen LogP contribution is 2.32. The van der Waals surface area contributed by atoms with Crippen LogP contribution in [0.4, 0.5) is 11.4 Å². The van der Waals surface area contributed by atoms with Gasteiger partial charge >= 0.3 is 0 Å². The van der Waals surface area contributed by atoms with Gasteiger partial charge in [-0.15, -0.1) is 0 Å². The van der Waals surface area contributed by atoms with E-state index >= 15 is 0 Å². The van der Waals surface area contributed by atoms with Gasteiger partial charge in [-0.05, 0) is 26.0 Å². The number of carbonyl (C=O) groups excluding carboxylic acids is 1. The highest BCUT2D eigenvalue weighted by molar-refractivity contribution is 6.02. The first-order valence-corrected chi connectivity index (χ1v) is 5.62. The topological polar surface area (TPSA) is 58.4 Å². The van der Waals surface area contributed by atoms with E-state index in [-0.39, 0.29) is 5.91 Å². The van der Waals surface area contributed by atoms with Crippen LogP contribution in [0.25, 0.3) is 0 Å². The lowest BCUT2D eigenvalue weighted by Crippen LogP contribution is -2.21. The maximum Gasteiger partial charge on any atom is 0.245 e. The lowest BCUT2D eigenvalue weighted by molar-refractivity contribution is -0.116. The number of carbonyl (C=O) groups is 1. The van der Waals surface area contributed by atoms with Crippen LogP contribution in [0, 0.1) is 0 Å². The molecule has 1 unspecified atom stereocenters. The smallest absolute Gasteiger partial charge is 0.245 e. The number of nitrogens with one attached hydrogen (secondary N) is 1. The average Bonchev–Trinajstić information content (AvgIpc) is 2.56. The van der Waals surface area contributed by atoms with Crippen molar-refractivity contribution >= 4 is 17.3 Å². The minimum absolute atomic E-state index is 0.119. The van der Waals surface area contributed by atoms with Crippen molar-refractivity contribution in [2.45, 2.75) is 19.9 Å². The minimum Gasteiger partial charge on any atom is -0.372 e. The van der Waals surface area contributed by atoms with Crippen LogP contribution in [0.3, 0.4) is 0 Å². The van der Waals surface area contributed by atoms with Crippen molar-refractivity contribution in [2.75, 3.05) is 23.3 Å². The number of amides is 1. The molecule has 4 heteroatoms. The zero-order valence-electron chi connectivity index (χ0n) is 9.66. The Morgan fingerprint density at radius 2 is 2.06 bits per heavy atom. The molecule has 0 aromatic heterocycles. The summed E-state index contributed by atoms with van der Waals surface area (Å²) in [7, 11) is 0. The first kappa shape index (κ1) is 11.0. The molecular formula is C12H17N3O. The van der Waals surface area contributed by atoms with Crippen molar-refractivity contribution in [1.82, 2.24) is 0 Å². The van der Waals surface area contributed by atoms with E-state index in [0.29, 0.717) is 0 Å². The monoisotopic (exact) mass is 219 g/mol. The number of nitrogens with two attached hydrogens (primary N) is 1. The Bertz CT molecular complexity index is 413. The van der Waals surface area contributed by atoms with E-state index in [4.69, 9.17) is 5.73 Å². The molecule has 1 atom stereocenters. The van der Waals surface area contributed by atoms with Gasteiger partial charge in [0.1, 0.15) is 6.04 Å². The summed E-state index contributed by atoms with van der Waals surface area (Å²) >= 11 is 0. The molecule has 0 saturated heterocycles. The summed E-state index contributed by atoms with van der Waals surface area (Å²) in [5.41, 5.74) is 8.62. The molecule has 2 rings (SSSR count). The van der Waals surface area contributed by atoms with E-state index in [1.807, 2.05) is 18.2 Å². The molecule has 4 nitrogen and oxygen atoms in total. The van der Waals surface area contributed by atoms with Gasteiger partial charge < -0.3 is 16.0 Å². The Labute approximate surface area is 95.4 Å². The normalized spacial score (nSPS) is 18.2. The van der Waals surface area contributed by atoms with E-state index in [0.717, 1.165) is 30.0 Å². The molecule has 1 amide bonds. The standard InChI is InChI=1S/C12H17N3O/c1-3-15(4-2)8-5-6-9-10(7-8)14-12(16)11(9)13/h5-7,11H,3-4,13H2,1-2H3,(H,14,16). The molecular weight excluding hydrogens is 202 g/mol. The fraction of sp³-hybridized carbons (Fsp3) is 0.417. The molecule has 0 aliphatic carbocycles. The Kier molecular flexibility index (Phi) is 2.83. The summed E-state index contributed by atoms with van der Waals surface area (Å²) in [6.07, 6.45) is 0. The molecule has 1 aliphatic heterocycles. The van der Waals surface area contributed by atoms with Crippen molar-refractivity contribution in [1.29, 1.82) is 0 Å². The molecule has 1 aromatic rings. The second-order valence-corrected chi connectivity index (χ2v) is 3.91. The van der Waals surface area contributed by atoms with E-state index in [1.165, 1.54) is 0 Å². The SMILES string of the molecule is CCN(CC)c1ccc2c(c1)NC(=O)C2N. The second-order valence-electron chi connectivity index (χ2n) is 3.91. The van der Waals surface area contributed by atoms with Crippen molar-refractivity contribution in [3.05, 3.63) is 23.8 Å². The van der Waals surface area contributed by atoms with Gasteiger partial charge in [-0.2, -0.15) is 0 Å². The summed E-state index contributed by atoms with van der Waals surface area (Å²) in [6.45, 7) is 6.13. The summed E-state index contributed by atoms with van der Waals surface area (Å²) in [5.74, 6) is -0.119. The number of nitrogens with zero attached hydrogens (tertiary/aromatic N) is 1. The molecule has 0 radical (unpaired) electrons. The third kappa shape index (κ3) is 1.65. The van der Waals surface area contributed by atoms with E-state index < -0.39 is 6.04 Å². The van der Waals surface area contributed by atoms with Crippen LogP contribution in [-0.4, -0.2) is 19.0 Å². The third-order valence-corrected chi connectivity index (χ3v) is 3.04. The number of hydrogen-bond acceptors (Lipinski definition) is 3. The average molecular weight is 219 g/mol. The lowest BCUT2D eigenvalue weighted by atomic mass is 10.1. The first-order valence-electron chi connectivity index (χ1n) is 5.62. The molecule has 1 heterocycles. The fourth-order valence-corrected chi connectivity index (χ4v) is 2.06. The van der Waals surface area contributed by atoms with Crippen LogP contribution in [0.1, 0.15) is 25.5 Å². The predicted molar refractivity (Wildman–Crippen MR) is 65.6 cm³/mol. The van der Waals surface area contributed by atoms with Crippen molar-refractivity contribution in [2.24, 2.45) is 5.73 Å². The third-order valence-electron chi connectivity index (χ3n) is 3.04. The summed E-state index contributed by atoms with van der Waals surface area (Å²) in [6, 6.07) is 5.44. The minimum atomic E-state index is -0.513. The van der Waals surface area contributed by atoms with Gasteiger partial charge in [0, 0.05) is 30.0 Å². The summed E-state index contributed by atoms with van der Waals surface area (Å²) in [4.78, 5) is 13.6.